The maximum absolute atomic E-state index is 12.8. The van der Waals surface area contributed by atoms with Crippen molar-refractivity contribution in [1.82, 2.24) is 9.78 Å². The van der Waals surface area contributed by atoms with Crippen LogP contribution in [0.25, 0.3) is 0 Å². The standard InChI is InChI=1S/C20H25N3O3S/c1-13(2)16-5-3-4-6-17(16)21-20(24)18-11-19(14-7-8-14)23(22-18)15-9-10-27(25,26)12-15/h3-6,11,13-15H,7-10,12H2,1-2H3,(H,21,24). The maximum atomic E-state index is 12.8. The number of carbonyl (C=O) groups excluding carboxylic acids is 1. The van der Waals surface area contributed by atoms with Crippen LogP contribution in [-0.4, -0.2) is 35.6 Å². The summed E-state index contributed by atoms with van der Waals surface area (Å²) in [4.78, 5) is 12.8. The van der Waals surface area contributed by atoms with Gasteiger partial charge in [-0.1, -0.05) is 32.0 Å². The minimum Gasteiger partial charge on any atom is -0.320 e. The molecule has 1 N–H and O–H groups in total. The molecule has 6 nitrogen and oxygen atoms in total. The van der Waals surface area contributed by atoms with Crippen molar-refractivity contribution in [2.45, 2.75) is 51.0 Å². The Hall–Kier alpha value is -2.15. The first kappa shape index (κ1) is 18.2. The molecule has 1 saturated carbocycles. The molecule has 4 rings (SSSR count). The van der Waals surface area contributed by atoms with E-state index in [1.807, 2.05) is 35.0 Å². The van der Waals surface area contributed by atoms with E-state index in [-0.39, 0.29) is 23.5 Å². The summed E-state index contributed by atoms with van der Waals surface area (Å²) in [5, 5.41) is 7.51. The number of hydrogen-bond acceptors (Lipinski definition) is 4. The van der Waals surface area contributed by atoms with E-state index >= 15 is 0 Å². The van der Waals surface area contributed by atoms with Gasteiger partial charge in [-0.25, -0.2) is 8.42 Å². The summed E-state index contributed by atoms with van der Waals surface area (Å²) < 4.78 is 25.6. The van der Waals surface area contributed by atoms with Crippen LogP contribution >= 0.6 is 0 Å². The van der Waals surface area contributed by atoms with Gasteiger partial charge in [0.1, 0.15) is 0 Å². The Morgan fingerprint density at radius 1 is 1.22 bits per heavy atom. The molecule has 2 heterocycles. The number of nitrogens with one attached hydrogen (secondary N) is 1. The second kappa shape index (κ2) is 6.78. The second-order valence-electron chi connectivity index (χ2n) is 7.93. The number of anilines is 1. The van der Waals surface area contributed by atoms with Crippen LogP contribution in [0.4, 0.5) is 5.69 Å². The molecule has 1 aromatic carbocycles. The Kier molecular flexibility index (Phi) is 4.58. The lowest BCUT2D eigenvalue weighted by Crippen LogP contribution is -2.17. The van der Waals surface area contributed by atoms with Crippen molar-refractivity contribution < 1.29 is 13.2 Å². The predicted molar refractivity (Wildman–Crippen MR) is 105 cm³/mol. The smallest absolute Gasteiger partial charge is 0.276 e. The summed E-state index contributed by atoms with van der Waals surface area (Å²) >= 11 is 0. The van der Waals surface area contributed by atoms with Crippen molar-refractivity contribution in [1.29, 1.82) is 0 Å². The molecule has 0 radical (unpaired) electrons. The normalized spacial score (nSPS) is 21.5. The third-order valence-electron chi connectivity index (χ3n) is 5.38. The fourth-order valence-electron chi connectivity index (χ4n) is 3.77. The summed E-state index contributed by atoms with van der Waals surface area (Å²) in [6, 6.07) is 9.46. The Bertz CT molecular complexity index is 974. The van der Waals surface area contributed by atoms with Crippen molar-refractivity contribution >= 4 is 21.4 Å². The summed E-state index contributed by atoms with van der Waals surface area (Å²) in [6.07, 6.45) is 2.71. The molecular weight excluding hydrogens is 362 g/mol. The molecule has 1 atom stereocenters. The van der Waals surface area contributed by atoms with E-state index in [2.05, 4.69) is 24.3 Å². The predicted octanol–water partition coefficient (Wildman–Crippen LogP) is 3.50. The summed E-state index contributed by atoms with van der Waals surface area (Å²) in [7, 11) is -3.00. The molecule has 0 spiro atoms. The first-order chi connectivity index (χ1) is 12.8. The van der Waals surface area contributed by atoms with Gasteiger partial charge in [-0.15, -0.1) is 0 Å². The van der Waals surface area contributed by atoms with Gasteiger partial charge in [0.15, 0.2) is 15.5 Å². The Balaban J connectivity index is 1.61. The molecule has 1 aromatic heterocycles. The third kappa shape index (κ3) is 3.78. The highest BCUT2D eigenvalue weighted by molar-refractivity contribution is 7.91. The van der Waals surface area contributed by atoms with Gasteiger partial charge in [0.2, 0.25) is 0 Å². The van der Waals surface area contributed by atoms with Crippen LogP contribution in [0.1, 0.15) is 72.7 Å². The lowest BCUT2D eigenvalue weighted by Gasteiger charge is -2.13. The van der Waals surface area contributed by atoms with Gasteiger partial charge < -0.3 is 5.32 Å². The fourth-order valence-corrected chi connectivity index (χ4v) is 5.46. The number of sulfone groups is 1. The molecule has 2 fully saturated rings. The Labute approximate surface area is 159 Å². The molecule has 27 heavy (non-hydrogen) atoms. The average molecular weight is 388 g/mol. The van der Waals surface area contributed by atoms with Gasteiger partial charge in [-0.3, -0.25) is 9.48 Å². The second-order valence-corrected chi connectivity index (χ2v) is 10.2. The van der Waals surface area contributed by atoms with E-state index in [0.29, 0.717) is 24.0 Å². The molecule has 1 saturated heterocycles. The van der Waals surface area contributed by atoms with E-state index in [9.17, 15) is 13.2 Å². The van der Waals surface area contributed by atoms with E-state index in [4.69, 9.17) is 0 Å². The number of nitrogens with zero attached hydrogens (tertiary/aromatic N) is 2. The van der Waals surface area contributed by atoms with Crippen molar-refractivity contribution in [2.24, 2.45) is 0 Å². The summed E-state index contributed by atoms with van der Waals surface area (Å²) in [5.74, 6) is 0.760. The zero-order valence-electron chi connectivity index (χ0n) is 15.7. The summed E-state index contributed by atoms with van der Waals surface area (Å²) in [6.45, 7) is 4.18. The first-order valence-corrected chi connectivity index (χ1v) is 11.4. The van der Waals surface area contributed by atoms with Crippen LogP contribution < -0.4 is 5.32 Å². The van der Waals surface area contributed by atoms with E-state index in [1.165, 1.54) is 0 Å². The molecule has 1 unspecified atom stereocenters. The monoisotopic (exact) mass is 387 g/mol. The lowest BCUT2D eigenvalue weighted by atomic mass is 10.0. The molecule has 1 aliphatic heterocycles. The summed E-state index contributed by atoms with van der Waals surface area (Å²) in [5.41, 5.74) is 3.23. The van der Waals surface area contributed by atoms with Crippen molar-refractivity contribution in [3.8, 4) is 0 Å². The number of rotatable bonds is 5. The van der Waals surface area contributed by atoms with Crippen LogP contribution in [0, 0.1) is 0 Å². The van der Waals surface area contributed by atoms with Gasteiger partial charge in [0.25, 0.3) is 5.91 Å². The molecule has 2 aromatic rings. The highest BCUT2D eigenvalue weighted by Crippen LogP contribution is 2.42. The number of para-hydroxylation sites is 1. The van der Waals surface area contributed by atoms with Crippen LogP contribution in [-0.2, 0) is 9.84 Å². The third-order valence-corrected chi connectivity index (χ3v) is 7.13. The fraction of sp³-hybridized carbons (Fsp3) is 0.500. The minimum absolute atomic E-state index is 0.117. The molecule has 1 amide bonds. The Morgan fingerprint density at radius 3 is 2.59 bits per heavy atom. The molecule has 1 aliphatic carbocycles. The lowest BCUT2D eigenvalue weighted by molar-refractivity contribution is 0.102. The molecule has 144 valence electrons. The van der Waals surface area contributed by atoms with Crippen molar-refractivity contribution in [2.75, 3.05) is 16.8 Å². The van der Waals surface area contributed by atoms with Gasteiger partial charge >= 0.3 is 0 Å². The Morgan fingerprint density at radius 2 is 1.96 bits per heavy atom. The van der Waals surface area contributed by atoms with Gasteiger partial charge in [-0.2, -0.15) is 5.10 Å². The van der Waals surface area contributed by atoms with Crippen LogP contribution in [0.5, 0.6) is 0 Å². The zero-order chi connectivity index (χ0) is 19.2. The van der Waals surface area contributed by atoms with Gasteiger partial charge in [0, 0.05) is 17.3 Å². The molecule has 2 aliphatic rings. The number of hydrogen-bond donors (Lipinski definition) is 1. The molecule has 0 bridgehead atoms. The van der Waals surface area contributed by atoms with E-state index in [0.717, 1.165) is 29.8 Å². The topological polar surface area (TPSA) is 81.1 Å². The molecular formula is C20H25N3O3S. The highest BCUT2D eigenvalue weighted by atomic mass is 32.2. The van der Waals surface area contributed by atoms with Gasteiger partial charge in [0.05, 0.1) is 17.5 Å². The van der Waals surface area contributed by atoms with Gasteiger partial charge in [-0.05, 0) is 42.9 Å². The number of carbonyl (C=O) groups is 1. The van der Waals surface area contributed by atoms with E-state index in [1.54, 1.807) is 0 Å². The minimum atomic E-state index is -3.00. The van der Waals surface area contributed by atoms with E-state index < -0.39 is 9.84 Å². The van der Waals surface area contributed by atoms with Crippen molar-refractivity contribution in [3.63, 3.8) is 0 Å². The number of benzene rings is 1. The molecule has 7 heteroatoms. The zero-order valence-corrected chi connectivity index (χ0v) is 16.5. The number of amides is 1. The van der Waals surface area contributed by atoms with Crippen molar-refractivity contribution in [3.05, 3.63) is 47.3 Å². The largest absolute Gasteiger partial charge is 0.320 e. The number of aromatic nitrogens is 2. The first-order valence-electron chi connectivity index (χ1n) is 9.54. The SMILES string of the molecule is CC(C)c1ccccc1NC(=O)c1cc(C2CC2)n(C2CCS(=O)(=O)C2)n1. The highest BCUT2D eigenvalue weighted by Gasteiger charge is 2.36. The van der Waals surface area contributed by atoms with Crippen LogP contribution in [0.3, 0.4) is 0 Å². The average Bonchev–Trinajstić information content (AvgIpc) is 3.26. The maximum Gasteiger partial charge on any atom is 0.276 e. The van der Waals surface area contributed by atoms with Crippen LogP contribution in [0.15, 0.2) is 30.3 Å². The quantitative estimate of drug-likeness (QED) is 0.851. The van der Waals surface area contributed by atoms with Crippen LogP contribution in [0.2, 0.25) is 0 Å².